The van der Waals surface area contributed by atoms with Crippen molar-refractivity contribution in [3.05, 3.63) is 53.2 Å². The van der Waals surface area contributed by atoms with Crippen LogP contribution < -0.4 is 15.2 Å². The third-order valence-electron chi connectivity index (χ3n) is 3.03. The summed E-state index contributed by atoms with van der Waals surface area (Å²) in [7, 11) is 1.60. The highest BCUT2D eigenvalue weighted by molar-refractivity contribution is 5.39. The van der Waals surface area contributed by atoms with Gasteiger partial charge in [0.1, 0.15) is 12.4 Å². The lowest BCUT2D eigenvalue weighted by Gasteiger charge is -2.14. The van der Waals surface area contributed by atoms with Crippen LogP contribution in [0.3, 0.4) is 0 Å². The number of nitrogens with two attached hydrogens (primary N) is 1. The van der Waals surface area contributed by atoms with Gasteiger partial charge in [-0.3, -0.25) is 0 Å². The molecule has 0 saturated heterocycles. The first-order valence-corrected chi connectivity index (χ1v) is 6.59. The second-order valence-corrected chi connectivity index (χ2v) is 4.79. The van der Waals surface area contributed by atoms with E-state index in [0.29, 0.717) is 12.5 Å². The predicted molar refractivity (Wildman–Crippen MR) is 78.9 cm³/mol. The number of benzene rings is 1. The molecule has 0 bridgehead atoms. The number of aryl methyl sites for hydroxylation is 1. The van der Waals surface area contributed by atoms with Crippen molar-refractivity contribution in [2.24, 2.45) is 5.73 Å². The number of pyridine rings is 1. The first-order chi connectivity index (χ1) is 9.60. The maximum atomic E-state index is 5.96. The van der Waals surface area contributed by atoms with Gasteiger partial charge in [-0.05, 0) is 31.5 Å². The Balaban J connectivity index is 2.15. The summed E-state index contributed by atoms with van der Waals surface area (Å²) in [6, 6.07) is 11.6. The molecule has 2 aromatic rings. The number of rotatable bonds is 5. The molecule has 106 valence electrons. The minimum absolute atomic E-state index is 0.0659. The fourth-order valence-corrected chi connectivity index (χ4v) is 1.95. The molecule has 2 rings (SSSR count). The summed E-state index contributed by atoms with van der Waals surface area (Å²) in [6.45, 7) is 4.36. The van der Waals surface area contributed by atoms with Gasteiger partial charge in [0.2, 0.25) is 5.88 Å². The van der Waals surface area contributed by atoms with Gasteiger partial charge in [0, 0.05) is 17.7 Å². The molecule has 4 nitrogen and oxygen atoms in total. The number of aromatic nitrogens is 1. The molecule has 20 heavy (non-hydrogen) atoms. The quantitative estimate of drug-likeness (QED) is 0.909. The summed E-state index contributed by atoms with van der Waals surface area (Å²) in [5, 5.41) is 0. The highest BCUT2D eigenvalue weighted by atomic mass is 16.5. The molecule has 0 aliphatic heterocycles. The standard InChI is InChI=1S/C16H20N2O2/c1-11-7-8-14(12(2)17)15(9-11)20-10-13-5-4-6-16(18-13)19-3/h4-9,12H,10,17H2,1-3H3. The van der Waals surface area contributed by atoms with Gasteiger partial charge < -0.3 is 15.2 Å². The van der Waals surface area contributed by atoms with E-state index in [1.165, 1.54) is 0 Å². The molecule has 0 aliphatic rings. The summed E-state index contributed by atoms with van der Waals surface area (Å²) in [4.78, 5) is 4.32. The van der Waals surface area contributed by atoms with Crippen LogP contribution in [0, 0.1) is 6.92 Å². The van der Waals surface area contributed by atoms with E-state index >= 15 is 0 Å². The van der Waals surface area contributed by atoms with Crippen LogP contribution in [0.5, 0.6) is 11.6 Å². The van der Waals surface area contributed by atoms with Crippen molar-refractivity contribution < 1.29 is 9.47 Å². The lowest BCUT2D eigenvalue weighted by atomic mass is 10.1. The Morgan fingerprint density at radius 1 is 1.25 bits per heavy atom. The van der Waals surface area contributed by atoms with Crippen LogP contribution in [0.15, 0.2) is 36.4 Å². The molecule has 1 aromatic heterocycles. The molecule has 0 aliphatic carbocycles. The van der Waals surface area contributed by atoms with E-state index in [1.54, 1.807) is 7.11 Å². The molecule has 0 fully saturated rings. The van der Waals surface area contributed by atoms with E-state index in [2.05, 4.69) is 4.98 Å². The second kappa shape index (κ2) is 6.39. The van der Waals surface area contributed by atoms with Crippen LogP contribution in [0.25, 0.3) is 0 Å². The third-order valence-corrected chi connectivity index (χ3v) is 3.03. The Labute approximate surface area is 119 Å². The van der Waals surface area contributed by atoms with Crippen molar-refractivity contribution in [1.82, 2.24) is 4.98 Å². The first kappa shape index (κ1) is 14.3. The Hall–Kier alpha value is -2.07. The summed E-state index contributed by atoms with van der Waals surface area (Å²) in [6.07, 6.45) is 0. The van der Waals surface area contributed by atoms with Crippen molar-refractivity contribution >= 4 is 0 Å². The number of methoxy groups -OCH3 is 1. The molecule has 0 radical (unpaired) electrons. The monoisotopic (exact) mass is 272 g/mol. The van der Waals surface area contributed by atoms with Crippen molar-refractivity contribution in [1.29, 1.82) is 0 Å². The minimum Gasteiger partial charge on any atom is -0.487 e. The smallest absolute Gasteiger partial charge is 0.213 e. The Bertz CT molecular complexity index is 582. The van der Waals surface area contributed by atoms with Gasteiger partial charge >= 0.3 is 0 Å². The maximum Gasteiger partial charge on any atom is 0.213 e. The number of ether oxygens (including phenoxy) is 2. The summed E-state index contributed by atoms with van der Waals surface area (Å²) in [5.41, 5.74) is 8.92. The molecule has 2 N–H and O–H groups in total. The molecule has 1 aromatic carbocycles. The fraction of sp³-hybridized carbons (Fsp3) is 0.312. The molecular weight excluding hydrogens is 252 g/mol. The largest absolute Gasteiger partial charge is 0.487 e. The van der Waals surface area contributed by atoms with Crippen molar-refractivity contribution in [3.8, 4) is 11.6 Å². The zero-order valence-corrected chi connectivity index (χ0v) is 12.1. The first-order valence-electron chi connectivity index (χ1n) is 6.59. The Morgan fingerprint density at radius 3 is 2.75 bits per heavy atom. The van der Waals surface area contributed by atoms with Crippen molar-refractivity contribution in [3.63, 3.8) is 0 Å². The number of hydrogen-bond donors (Lipinski definition) is 1. The van der Waals surface area contributed by atoms with E-state index < -0.39 is 0 Å². The third kappa shape index (κ3) is 3.48. The van der Waals surface area contributed by atoms with Crippen LogP contribution >= 0.6 is 0 Å². The molecule has 0 spiro atoms. The van der Waals surface area contributed by atoms with Crippen LogP contribution in [0.1, 0.15) is 29.8 Å². The van der Waals surface area contributed by atoms with Gasteiger partial charge in [-0.25, -0.2) is 4.98 Å². The Kier molecular flexibility index (Phi) is 4.58. The van der Waals surface area contributed by atoms with Crippen LogP contribution in [-0.2, 0) is 6.61 Å². The van der Waals surface area contributed by atoms with Crippen molar-refractivity contribution in [2.45, 2.75) is 26.5 Å². The van der Waals surface area contributed by atoms with E-state index in [0.717, 1.165) is 22.6 Å². The molecule has 1 atom stereocenters. The van der Waals surface area contributed by atoms with E-state index in [4.69, 9.17) is 15.2 Å². The average Bonchev–Trinajstić information content (AvgIpc) is 2.45. The predicted octanol–water partition coefficient (Wildman–Crippen LogP) is 3.00. The number of nitrogens with zero attached hydrogens (tertiary/aromatic N) is 1. The van der Waals surface area contributed by atoms with Gasteiger partial charge in [0.15, 0.2) is 0 Å². The summed E-state index contributed by atoms with van der Waals surface area (Å²) < 4.78 is 11.0. The normalized spacial score (nSPS) is 12.0. The van der Waals surface area contributed by atoms with E-state index in [9.17, 15) is 0 Å². The lowest BCUT2D eigenvalue weighted by Crippen LogP contribution is -2.08. The van der Waals surface area contributed by atoms with Crippen LogP contribution in [0.2, 0.25) is 0 Å². The van der Waals surface area contributed by atoms with Crippen LogP contribution in [0.4, 0.5) is 0 Å². The van der Waals surface area contributed by atoms with Crippen molar-refractivity contribution in [2.75, 3.05) is 7.11 Å². The van der Waals surface area contributed by atoms with Gasteiger partial charge in [0.05, 0.1) is 12.8 Å². The van der Waals surface area contributed by atoms with E-state index in [1.807, 2.05) is 50.2 Å². The number of hydrogen-bond acceptors (Lipinski definition) is 4. The second-order valence-electron chi connectivity index (χ2n) is 4.79. The van der Waals surface area contributed by atoms with Gasteiger partial charge in [-0.2, -0.15) is 0 Å². The highest BCUT2D eigenvalue weighted by Crippen LogP contribution is 2.26. The van der Waals surface area contributed by atoms with Gasteiger partial charge in [0.25, 0.3) is 0 Å². The average molecular weight is 272 g/mol. The fourth-order valence-electron chi connectivity index (χ4n) is 1.95. The lowest BCUT2D eigenvalue weighted by molar-refractivity contribution is 0.293. The SMILES string of the molecule is COc1cccc(COc2cc(C)ccc2C(C)N)n1. The minimum atomic E-state index is -0.0659. The molecule has 1 unspecified atom stereocenters. The zero-order chi connectivity index (χ0) is 14.5. The highest BCUT2D eigenvalue weighted by Gasteiger charge is 2.09. The van der Waals surface area contributed by atoms with Gasteiger partial charge in [-0.1, -0.05) is 18.2 Å². The molecule has 4 heteroatoms. The Morgan fingerprint density at radius 2 is 2.05 bits per heavy atom. The molecule has 0 saturated carbocycles. The van der Waals surface area contributed by atoms with Crippen LogP contribution in [-0.4, -0.2) is 12.1 Å². The van der Waals surface area contributed by atoms with Gasteiger partial charge in [-0.15, -0.1) is 0 Å². The summed E-state index contributed by atoms with van der Waals surface area (Å²) in [5.74, 6) is 1.40. The topological polar surface area (TPSA) is 57.4 Å². The molecular formula is C16H20N2O2. The molecule has 1 heterocycles. The maximum absolute atomic E-state index is 5.96. The zero-order valence-electron chi connectivity index (χ0n) is 12.1. The molecule has 0 amide bonds. The summed E-state index contributed by atoms with van der Waals surface area (Å²) >= 11 is 0. The van der Waals surface area contributed by atoms with E-state index in [-0.39, 0.29) is 6.04 Å².